The number of hydrogen-bond donors (Lipinski definition) is 0. The molecule has 176 valence electrons. The van der Waals surface area contributed by atoms with Gasteiger partial charge in [-0.2, -0.15) is 35.1 Å². The van der Waals surface area contributed by atoms with E-state index in [0.717, 1.165) is 0 Å². The molecule has 0 N–H and O–H groups in total. The summed E-state index contributed by atoms with van der Waals surface area (Å²) in [6.07, 6.45) is -36.3. The maximum atomic E-state index is 13.6. The number of halogens is 12. The maximum Gasteiger partial charge on any atom is 0.697 e. The lowest BCUT2D eigenvalue weighted by Crippen LogP contribution is -2.65. The van der Waals surface area contributed by atoms with E-state index in [2.05, 4.69) is 17.7 Å². The van der Waals surface area contributed by atoms with Crippen molar-refractivity contribution < 1.29 is 70.4 Å². The molecule has 0 aliphatic carbocycles. The van der Waals surface area contributed by atoms with Crippen LogP contribution in [0.3, 0.4) is 0 Å². The molecule has 0 fully saturated rings. The SMILES string of the molecule is CC(F)C(F)(F)O[Si](OC(F)(F)C(C)F)(OC(F)(F)C(C)F)OC(F)(F)C(C)F. The predicted octanol–water partition coefficient (Wildman–Crippen LogP) is 5.29. The van der Waals surface area contributed by atoms with Gasteiger partial charge in [0.15, 0.2) is 24.7 Å². The highest BCUT2D eigenvalue weighted by Gasteiger charge is 2.70. The van der Waals surface area contributed by atoms with Gasteiger partial charge < -0.3 is 0 Å². The summed E-state index contributed by atoms with van der Waals surface area (Å²) in [6.45, 7) is -0.163. The minimum atomic E-state index is -7.55. The zero-order valence-electron chi connectivity index (χ0n) is 15.0. The standard InChI is InChI=1S/C12H16F12O4Si/c1-5(13)9(17,18)25-29(26-10(19,20)6(2)14,27-11(21,22)7(3)15)28-12(23,24)8(4)16/h5-8H,1-4H3. The van der Waals surface area contributed by atoms with Gasteiger partial charge in [-0.05, 0) is 27.7 Å². The first kappa shape index (κ1) is 28.2. The van der Waals surface area contributed by atoms with Gasteiger partial charge in [0.25, 0.3) is 0 Å². The van der Waals surface area contributed by atoms with Crippen molar-refractivity contribution in [3.8, 4) is 0 Å². The Hall–Kier alpha value is -0.783. The lowest BCUT2D eigenvalue weighted by atomic mass is 10.4. The number of alkyl halides is 12. The normalized spacial score (nSPS) is 20.7. The minimum Gasteiger partial charge on any atom is -0.288 e. The van der Waals surface area contributed by atoms with Crippen LogP contribution in [0.15, 0.2) is 0 Å². The van der Waals surface area contributed by atoms with E-state index in [1.807, 2.05) is 0 Å². The molecule has 0 saturated carbocycles. The fraction of sp³-hybridized carbons (Fsp3) is 1.00. The molecule has 4 nitrogen and oxygen atoms in total. The van der Waals surface area contributed by atoms with E-state index in [9.17, 15) is 52.7 Å². The molecule has 17 heteroatoms. The lowest BCUT2D eigenvalue weighted by molar-refractivity contribution is -0.362. The van der Waals surface area contributed by atoms with Gasteiger partial charge in [0.1, 0.15) is 0 Å². The van der Waals surface area contributed by atoms with Crippen LogP contribution in [0.5, 0.6) is 0 Å². The highest BCUT2D eigenvalue weighted by atomic mass is 28.4. The Morgan fingerprint density at radius 3 is 0.690 bits per heavy atom. The summed E-state index contributed by atoms with van der Waals surface area (Å²) in [5.74, 6) is 0. The first-order chi connectivity index (χ1) is 12.6. The molecule has 0 amide bonds. The van der Waals surface area contributed by atoms with Crippen molar-refractivity contribution in [1.82, 2.24) is 0 Å². The molecule has 0 heterocycles. The van der Waals surface area contributed by atoms with Gasteiger partial charge in [-0.1, -0.05) is 0 Å². The Morgan fingerprint density at radius 2 is 0.586 bits per heavy atom. The third-order valence-electron chi connectivity index (χ3n) is 2.90. The average molecular weight is 480 g/mol. The van der Waals surface area contributed by atoms with Crippen molar-refractivity contribution in [3.63, 3.8) is 0 Å². The van der Waals surface area contributed by atoms with E-state index >= 15 is 0 Å². The summed E-state index contributed by atoms with van der Waals surface area (Å²) in [6, 6.07) is 0. The molecule has 0 aromatic heterocycles. The van der Waals surface area contributed by atoms with E-state index in [4.69, 9.17) is 0 Å². The van der Waals surface area contributed by atoms with Crippen molar-refractivity contribution >= 4 is 9.05 Å². The molecule has 0 bridgehead atoms. The van der Waals surface area contributed by atoms with E-state index < -0.39 is 58.2 Å². The van der Waals surface area contributed by atoms with Crippen molar-refractivity contribution in [2.45, 2.75) is 76.8 Å². The molecule has 0 aromatic carbocycles. The van der Waals surface area contributed by atoms with Gasteiger partial charge in [0.2, 0.25) is 0 Å². The molecular weight excluding hydrogens is 464 g/mol. The quantitative estimate of drug-likeness (QED) is 0.281. The van der Waals surface area contributed by atoms with E-state index in [1.165, 1.54) is 0 Å². The second-order valence-corrected chi connectivity index (χ2v) is 7.44. The molecule has 4 atom stereocenters. The van der Waals surface area contributed by atoms with Gasteiger partial charge in [-0.15, -0.1) is 0 Å². The Kier molecular flexibility index (Phi) is 8.90. The van der Waals surface area contributed by atoms with Crippen LogP contribution in [-0.4, -0.2) is 58.2 Å². The van der Waals surface area contributed by atoms with Crippen LogP contribution in [0, 0.1) is 0 Å². The lowest BCUT2D eigenvalue weighted by Gasteiger charge is -2.38. The monoisotopic (exact) mass is 480 g/mol. The second kappa shape index (κ2) is 9.15. The summed E-state index contributed by atoms with van der Waals surface area (Å²) in [7, 11) is -7.55. The van der Waals surface area contributed by atoms with Gasteiger partial charge in [0.05, 0.1) is 0 Å². The van der Waals surface area contributed by atoms with Gasteiger partial charge >= 0.3 is 33.5 Å². The van der Waals surface area contributed by atoms with Crippen molar-refractivity contribution in [3.05, 3.63) is 0 Å². The Balaban J connectivity index is 6.59. The summed E-state index contributed by atoms with van der Waals surface area (Å²) in [5, 5.41) is 0. The molecule has 0 spiro atoms. The summed E-state index contributed by atoms with van der Waals surface area (Å²) in [4.78, 5) is 0. The van der Waals surface area contributed by atoms with Gasteiger partial charge in [-0.3, -0.25) is 17.7 Å². The zero-order valence-corrected chi connectivity index (χ0v) is 16.0. The van der Waals surface area contributed by atoms with E-state index in [1.54, 1.807) is 0 Å². The average Bonchev–Trinajstić information content (AvgIpc) is 2.43. The predicted molar refractivity (Wildman–Crippen MR) is 72.2 cm³/mol. The number of rotatable bonds is 12. The molecule has 0 aliphatic rings. The number of hydrogen-bond acceptors (Lipinski definition) is 4. The molecular formula is C12H16F12O4Si. The molecule has 0 radical (unpaired) electrons. The maximum absolute atomic E-state index is 13.6. The highest BCUT2D eigenvalue weighted by Crippen LogP contribution is 2.41. The van der Waals surface area contributed by atoms with Crippen LogP contribution in [0.4, 0.5) is 52.7 Å². The first-order valence-electron chi connectivity index (χ1n) is 7.48. The largest absolute Gasteiger partial charge is 0.697 e. The fourth-order valence-electron chi connectivity index (χ4n) is 1.12. The van der Waals surface area contributed by atoms with Crippen LogP contribution < -0.4 is 0 Å². The molecule has 4 unspecified atom stereocenters. The Bertz CT molecular complexity index is 436. The van der Waals surface area contributed by atoms with Crippen LogP contribution in [0.1, 0.15) is 27.7 Å². The van der Waals surface area contributed by atoms with Crippen molar-refractivity contribution in [2.24, 2.45) is 0 Å². The van der Waals surface area contributed by atoms with Crippen LogP contribution in [0.25, 0.3) is 0 Å². The van der Waals surface area contributed by atoms with Crippen LogP contribution in [-0.2, 0) is 17.7 Å². The molecule has 0 saturated heterocycles. The summed E-state index contributed by atoms with van der Waals surface area (Å²) in [5.41, 5.74) is 0. The van der Waals surface area contributed by atoms with Crippen molar-refractivity contribution in [1.29, 1.82) is 0 Å². The smallest absolute Gasteiger partial charge is 0.288 e. The van der Waals surface area contributed by atoms with E-state index in [-0.39, 0.29) is 27.7 Å². The topological polar surface area (TPSA) is 36.9 Å². The zero-order chi connectivity index (χ0) is 23.6. The highest BCUT2D eigenvalue weighted by molar-refractivity contribution is 6.54. The Morgan fingerprint density at radius 1 is 0.448 bits per heavy atom. The van der Waals surface area contributed by atoms with Crippen LogP contribution in [0.2, 0.25) is 0 Å². The molecule has 0 rings (SSSR count). The second-order valence-electron chi connectivity index (χ2n) is 5.62. The third-order valence-corrected chi connectivity index (χ3v) is 4.99. The third kappa shape index (κ3) is 7.76. The van der Waals surface area contributed by atoms with E-state index in [0.29, 0.717) is 0 Å². The van der Waals surface area contributed by atoms with Gasteiger partial charge in [-0.25, -0.2) is 17.6 Å². The molecule has 0 aromatic rings. The van der Waals surface area contributed by atoms with Crippen molar-refractivity contribution in [2.75, 3.05) is 0 Å². The first-order valence-corrected chi connectivity index (χ1v) is 9.11. The fourth-order valence-corrected chi connectivity index (χ4v) is 3.35. The molecule has 29 heavy (non-hydrogen) atoms. The Labute approximate surface area is 157 Å². The molecule has 0 aliphatic heterocycles. The minimum absolute atomic E-state index is 0.0407. The van der Waals surface area contributed by atoms with Crippen LogP contribution >= 0.6 is 0 Å². The summed E-state index contributed by atoms with van der Waals surface area (Å²) < 4.78 is 173. The summed E-state index contributed by atoms with van der Waals surface area (Å²) >= 11 is 0. The van der Waals surface area contributed by atoms with Gasteiger partial charge in [0, 0.05) is 0 Å².